The first-order valence-electron chi connectivity index (χ1n) is 10.1. The van der Waals surface area contributed by atoms with Crippen molar-refractivity contribution < 1.29 is 28.8 Å². The number of pyridine rings is 1. The van der Waals surface area contributed by atoms with Crippen LogP contribution in [0.25, 0.3) is 5.76 Å². The largest absolute Gasteiger partial charge is 0.872 e. The Morgan fingerprint density at radius 3 is 2.62 bits per heavy atom. The molecule has 3 heterocycles. The number of aromatic nitrogens is 1. The van der Waals surface area contributed by atoms with Crippen molar-refractivity contribution in [3.8, 4) is 5.75 Å². The molecule has 1 unspecified atom stereocenters. The molecule has 3 aromatic rings. The van der Waals surface area contributed by atoms with Gasteiger partial charge in [-0.25, -0.2) is 4.98 Å². The van der Waals surface area contributed by atoms with Crippen LogP contribution in [0.2, 0.25) is 0 Å². The molecule has 0 spiro atoms. The van der Waals surface area contributed by atoms with E-state index in [0.29, 0.717) is 23.9 Å². The third-order valence-electron chi connectivity index (χ3n) is 5.17. The number of ether oxygens (including phenoxy) is 1. The number of carbonyl (C=O) groups is 2. The van der Waals surface area contributed by atoms with E-state index in [2.05, 4.69) is 11.6 Å². The number of H-pyrrole nitrogens is 1. The maximum Gasteiger partial charge on any atom is 0.295 e. The van der Waals surface area contributed by atoms with E-state index in [0.717, 1.165) is 5.56 Å². The average molecular weight is 430 g/mol. The lowest BCUT2D eigenvalue weighted by atomic mass is 9.99. The number of hydrogen-bond acceptors (Lipinski definition) is 5. The zero-order valence-electron chi connectivity index (χ0n) is 17.5. The molecule has 7 nitrogen and oxygen atoms in total. The number of nitrogens with one attached hydrogen (secondary N) is 1. The number of aryl methyl sites for hydroxylation is 1. The van der Waals surface area contributed by atoms with Crippen molar-refractivity contribution in [3.63, 3.8) is 0 Å². The molecule has 2 aromatic heterocycles. The van der Waals surface area contributed by atoms with E-state index in [4.69, 9.17) is 9.15 Å². The zero-order valence-corrected chi connectivity index (χ0v) is 17.5. The highest BCUT2D eigenvalue weighted by Gasteiger charge is 2.45. The van der Waals surface area contributed by atoms with Crippen LogP contribution in [0.1, 0.15) is 28.7 Å². The maximum atomic E-state index is 13.4. The van der Waals surface area contributed by atoms with Gasteiger partial charge >= 0.3 is 0 Å². The summed E-state index contributed by atoms with van der Waals surface area (Å²) in [4.78, 5) is 30.3. The van der Waals surface area contributed by atoms with Gasteiger partial charge < -0.3 is 19.2 Å². The lowest BCUT2D eigenvalue weighted by Gasteiger charge is -2.25. The summed E-state index contributed by atoms with van der Waals surface area (Å²) in [7, 11) is 0. The predicted octanol–water partition coefficient (Wildman–Crippen LogP) is 2.39. The first-order valence-corrected chi connectivity index (χ1v) is 10.1. The number of benzene rings is 1. The van der Waals surface area contributed by atoms with E-state index < -0.39 is 23.5 Å². The molecule has 1 aromatic carbocycles. The van der Waals surface area contributed by atoms with E-state index in [1.807, 2.05) is 6.07 Å². The van der Waals surface area contributed by atoms with Crippen LogP contribution in [0, 0.1) is 6.92 Å². The normalized spacial score (nSPS) is 17.5. The Labute approximate surface area is 185 Å². The van der Waals surface area contributed by atoms with Crippen molar-refractivity contribution in [2.75, 3.05) is 6.61 Å². The van der Waals surface area contributed by atoms with Crippen LogP contribution < -0.4 is 14.8 Å². The molecular formula is C25H22N2O5. The summed E-state index contributed by atoms with van der Waals surface area (Å²) < 4.78 is 11.2. The Morgan fingerprint density at radius 1 is 1.22 bits per heavy atom. The Kier molecular flexibility index (Phi) is 5.89. The summed E-state index contributed by atoms with van der Waals surface area (Å²) in [6.07, 6.45) is 5.11. The van der Waals surface area contributed by atoms with Crippen LogP contribution in [-0.4, -0.2) is 23.2 Å². The maximum absolute atomic E-state index is 13.4. The molecule has 0 aliphatic carbocycles. The van der Waals surface area contributed by atoms with Gasteiger partial charge in [-0.3, -0.25) is 9.59 Å². The number of likely N-dealkylation sites (tertiary alicyclic amines) is 1. The fourth-order valence-electron chi connectivity index (χ4n) is 3.67. The van der Waals surface area contributed by atoms with Crippen LogP contribution in [0.15, 0.2) is 83.6 Å². The van der Waals surface area contributed by atoms with E-state index in [1.54, 1.807) is 67.9 Å². The van der Waals surface area contributed by atoms with Gasteiger partial charge in [0.1, 0.15) is 29.9 Å². The Balaban J connectivity index is 1.77. The Morgan fingerprint density at radius 2 is 2.00 bits per heavy atom. The second-order valence-corrected chi connectivity index (χ2v) is 7.39. The number of amides is 1. The minimum Gasteiger partial charge on any atom is -0.872 e. The summed E-state index contributed by atoms with van der Waals surface area (Å²) in [6.45, 7) is 5.85. The number of hydrogen-bond donors (Lipinski definition) is 0. The van der Waals surface area contributed by atoms with Gasteiger partial charge in [-0.05, 0) is 42.8 Å². The molecule has 0 bridgehead atoms. The molecule has 1 atom stereocenters. The van der Waals surface area contributed by atoms with Crippen molar-refractivity contribution in [1.82, 2.24) is 4.90 Å². The molecule has 1 fully saturated rings. The summed E-state index contributed by atoms with van der Waals surface area (Å²) in [5, 5.41) is 13.4. The second kappa shape index (κ2) is 8.93. The van der Waals surface area contributed by atoms with Crippen molar-refractivity contribution in [1.29, 1.82) is 0 Å². The highest BCUT2D eigenvalue weighted by molar-refractivity contribution is 6.46. The summed E-state index contributed by atoms with van der Waals surface area (Å²) >= 11 is 0. The number of ketones is 1. The smallest absolute Gasteiger partial charge is 0.295 e. The van der Waals surface area contributed by atoms with E-state index in [-0.39, 0.29) is 17.7 Å². The zero-order chi connectivity index (χ0) is 22.7. The molecule has 1 aliphatic rings. The Hall–Kier alpha value is -4.13. The molecule has 1 saturated heterocycles. The fraction of sp³-hybridized carbons (Fsp3) is 0.160. The molecule has 1 N–H and O–H groups in total. The monoisotopic (exact) mass is 430 g/mol. The minimum absolute atomic E-state index is 0.121. The molecule has 7 heteroatoms. The number of rotatable bonds is 7. The van der Waals surface area contributed by atoms with Crippen molar-refractivity contribution in [3.05, 3.63) is 102 Å². The highest BCUT2D eigenvalue weighted by atomic mass is 16.5. The minimum atomic E-state index is -0.909. The molecule has 4 rings (SSSR count). The van der Waals surface area contributed by atoms with Crippen LogP contribution >= 0.6 is 0 Å². The number of nitrogens with zero attached hydrogens (tertiary/aromatic N) is 1. The lowest BCUT2D eigenvalue weighted by molar-refractivity contribution is -0.378. The third-order valence-corrected chi connectivity index (χ3v) is 5.17. The Bertz CT molecular complexity index is 1180. The van der Waals surface area contributed by atoms with Crippen LogP contribution in [0.3, 0.4) is 0 Å². The van der Waals surface area contributed by atoms with Crippen molar-refractivity contribution >= 4 is 17.4 Å². The third kappa shape index (κ3) is 4.05. The van der Waals surface area contributed by atoms with Gasteiger partial charge in [0.05, 0.1) is 6.54 Å². The predicted molar refractivity (Wildman–Crippen MR) is 114 cm³/mol. The SMILES string of the molecule is C=CCOc1ccc(C([O-])=C2C(=O)C(=O)N(Cc3ccc[nH+]c3)C2c2ccc(C)o2)cc1. The van der Waals surface area contributed by atoms with Crippen LogP contribution in [-0.2, 0) is 16.1 Å². The number of furan rings is 1. The van der Waals surface area contributed by atoms with Crippen LogP contribution in [0.5, 0.6) is 5.75 Å². The first kappa shape index (κ1) is 21.1. The van der Waals surface area contributed by atoms with E-state index >= 15 is 0 Å². The van der Waals surface area contributed by atoms with Gasteiger partial charge in [0.25, 0.3) is 5.91 Å². The molecule has 0 radical (unpaired) electrons. The highest BCUT2D eigenvalue weighted by Crippen LogP contribution is 2.40. The lowest BCUT2D eigenvalue weighted by Crippen LogP contribution is -2.29. The summed E-state index contributed by atoms with van der Waals surface area (Å²) in [5.74, 6) is -0.505. The average Bonchev–Trinajstić information content (AvgIpc) is 3.34. The molecule has 32 heavy (non-hydrogen) atoms. The van der Waals surface area contributed by atoms with Gasteiger partial charge in [0.2, 0.25) is 5.78 Å². The van der Waals surface area contributed by atoms with Crippen molar-refractivity contribution in [2.45, 2.75) is 19.5 Å². The molecule has 1 aliphatic heterocycles. The van der Waals surface area contributed by atoms with Crippen LogP contribution in [0.4, 0.5) is 0 Å². The fourth-order valence-corrected chi connectivity index (χ4v) is 3.67. The van der Waals surface area contributed by atoms with Gasteiger partial charge in [-0.2, -0.15) is 0 Å². The molecular weight excluding hydrogens is 408 g/mol. The summed E-state index contributed by atoms with van der Waals surface area (Å²) in [6, 6.07) is 12.6. The van der Waals surface area contributed by atoms with Gasteiger partial charge in [-0.1, -0.05) is 30.5 Å². The van der Waals surface area contributed by atoms with E-state index in [9.17, 15) is 14.7 Å². The van der Waals surface area contributed by atoms with Gasteiger partial charge in [0.15, 0.2) is 12.4 Å². The second-order valence-electron chi connectivity index (χ2n) is 7.39. The molecule has 0 saturated carbocycles. The summed E-state index contributed by atoms with van der Waals surface area (Å²) in [5.41, 5.74) is 0.957. The van der Waals surface area contributed by atoms with Gasteiger partial charge in [-0.15, -0.1) is 0 Å². The first-order chi connectivity index (χ1) is 15.5. The number of aromatic amines is 1. The van der Waals surface area contributed by atoms with Crippen molar-refractivity contribution in [2.24, 2.45) is 0 Å². The van der Waals surface area contributed by atoms with Gasteiger partial charge in [0, 0.05) is 17.2 Å². The quantitative estimate of drug-likeness (QED) is 0.248. The number of carbonyl (C=O) groups excluding carboxylic acids is 2. The standard InChI is InChI=1S/C25H22N2O5/c1-3-13-31-19-9-7-18(8-10-19)23(28)21-22(20-11-6-16(2)32-20)27(25(30)24(21)29)15-17-5-4-12-26-14-17/h3-12,14,22,28H,1,13,15H2,2H3. The number of Topliss-reactive ketones (excluding diaryl/α,β-unsaturated/α-hetero) is 1. The molecule has 162 valence electrons. The molecule has 1 amide bonds. The van der Waals surface area contributed by atoms with E-state index in [1.165, 1.54) is 4.90 Å². The topological polar surface area (TPSA) is 97.0 Å².